The smallest absolute Gasteiger partial charge is 0.337 e. The summed E-state index contributed by atoms with van der Waals surface area (Å²) >= 11 is 0. The number of esters is 2. The zero-order chi connectivity index (χ0) is 24.0. The highest BCUT2D eigenvalue weighted by atomic mass is 16.5. The first-order valence-corrected chi connectivity index (χ1v) is 10.9. The van der Waals surface area contributed by atoms with Gasteiger partial charge >= 0.3 is 11.9 Å². The van der Waals surface area contributed by atoms with E-state index in [1.807, 2.05) is 24.6 Å². The van der Waals surface area contributed by atoms with Crippen molar-refractivity contribution in [3.05, 3.63) is 82.4 Å². The highest BCUT2D eigenvalue weighted by Crippen LogP contribution is 2.49. The summed E-state index contributed by atoms with van der Waals surface area (Å²) in [5.74, 6) is -0.470. The van der Waals surface area contributed by atoms with Gasteiger partial charge in [0, 0.05) is 29.4 Å². The van der Waals surface area contributed by atoms with E-state index in [0.29, 0.717) is 33.8 Å². The Balaban J connectivity index is 1.55. The van der Waals surface area contributed by atoms with Gasteiger partial charge in [-0.05, 0) is 55.8 Å². The van der Waals surface area contributed by atoms with Crippen molar-refractivity contribution in [1.29, 1.82) is 0 Å². The van der Waals surface area contributed by atoms with Gasteiger partial charge in [-0.25, -0.2) is 4.79 Å². The van der Waals surface area contributed by atoms with Gasteiger partial charge in [-0.15, -0.1) is 0 Å². The predicted molar refractivity (Wildman–Crippen MR) is 122 cm³/mol. The molecule has 34 heavy (non-hydrogen) atoms. The summed E-state index contributed by atoms with van der Waals surface area (Å²) in [5, 5.41) is 4.41. The molecule has 8 heteroatoms. The minimum atomic E-state index is -0.437. The van der Waals surface area contributed by atoms with Gasteiger partial charge in [0.2, 0.25) is 5.78 Å². The Kier molecular flexibility index (Phi) is 5.28. The molecular weight excluding hydrogens is 436 g/mol. The predicted octanol–water partition coefficient (Wildman–Crippen LogP) is 4.31. The van der Waals surface area contributed by atoms with Crippen molar-refractivity contribution in [1.82, 2.24) is 9.78 Å². The zero-order valence-electron chi connectivity index (χ0n) is 18.9. The van der Waals surface area contributed by atoms with Crippen molar-refractivity contribution >= 4 is 23.8 Å². The second kappa shape index (κ2) is 8.30. The molecule has 2 aliphatic heterocycles. The summed E-state index contributed by atoms with van der Waals surface area (Å²) in [7, 11) is 1.32. The van der Waals surface area contributed by atoms with Crippen LogP contribution in [0.15, 0.2) is 54.4 Å². The number of nitrogens with zero attached hydrogens (tertiary/aromatic N) is 2. The first kappa shape index (κ1) is 21.6. The van der Waals surface area contributed by atoms with E-state index in [2.05, 4.69) is 5.10 Å². The second-order valence-corrected chi connectivity index (χ2v) is 8.43. The molecule has 3 heterocycles. The molecule has 0 aliphatic carbocycles. The molecule has 8 nitrogen and oxygen atoms in total. The van der Waals surface area contributed by atoms with Crippen molar-refractivity contribution in [2.45, 2.75) is 32.2 Å². The quantitative estimate of drug-likeness (QED) is 0.327. The molecule has 0 bridgehead atoms. The third-order valence-electron chi connectivity index (χ3n) is 5.96. The number of ether oxygens (including phenoxy) is 3. The molecule has 0 amide bonds. The third-order valence-corrected chi connectivity index (χ3v) is 5.96. The van der Waals surface area contributed by atoms with E-state index >= 15 is 0 Å². The molecule has 1 atom stereocenters. The molecular formula is C26H22N2O6. The maximum absolute atomic E-state index is 13.1. The minimum absolute atomic E-state index is 0.0918. The molecule has 2 aliphatic rings. The Morgan fingerprint density at radius 2 is 1.88 bits per heavy atom. The fourth-order valence-electron chi connectivity index (χ4n) is 4.38. The normalized spacial score (nSPS) is 17.9. The van der Waals surface area contributed by atoms with Crippen LogP contribution in [0, 0.1) is 0 Å². The number of Topliss-reactive ketones (excluding diaryl/α,β-unsaturated/α-hetero) is 1. The Bertz CT molecular complexity index is 1350. The molecule has 1 aromatic heterocycles. The number of hydrogen-bond donors (Lipinski definition) is 0. The minimum Gasteiger partial charge on any atom is -0.465 e. The Morgan fingerprint density at radius 3 is 2.59 bits per heavy atom. The molecule has 0 fully saturated rings. The lowest BCUT2D eigenvalue weighted by Crippen LogP contribution is -2.24. The van der Waals surface area contributed by atoms with Crippen LogP contribution >= 0.6 is 0 Å². The van der Waals surface area contributed by atoms with E-state index in [4.69, 9.17) is 14.2 Å². The maximum Gasteiger partial charge on any atom is 0.337 e. The van der Waals surface area contributed by atoms with E-state index in [0.717, 1.165) is 5.69 Å². The Morgan fingerprint density at radius 1 is 1.12 bits per heavy atom. The number of carbonyl (C=O) groups excluding carboxylic acids is 3. The summed E-state index contributed by atoms with van der Waals surface area (Å²) in [6.07, 6.45) is 3.44. The fourth-order valence-corrected chi connectivity index (χ4v) is 4.38. The molecule has 0 saturated heterocycles. The number of hydrogen-bond acceptors (Lipinski definition) is 7. The number of benzene rings is 2. The lowest BCUT2D eigenvalue weighted by molar-refractivity contribution is -0.135. The number of fused-ring (bicyclic) bond motifs is 3. The summed E-state index contributed by atoms with van der Waals surface area (Å²) < 4.78 is 18.2. The first-order chi connectivity index (χ1) is 16.4. The van der Waals surface area contributed by atoms with Crippen molar-refractivity contribution < 1.29 is 28.6 Å². The number of carbonyl (C=O) groups is 3. The number of ketones is 1. The van der Waals surface area contributed by atoms with Crippen LogP contribution in [0.3, 0.4) is 0 Å². The Hall–Kier alpha value is -4.20. The lowest BCUT2D eigenvalue weighted by Gasteiger charge is -2.27. The van der Waals surface area contributed by atoms with Crippen LogP contribution in [0.4, 0.5) is 0 Å². The van der Waals surface area contributed by atoms with Crippen LogP contribution in [-0.2, 0) is 9.53 Å². The Labute approximate surface area is 195 Å². The molecule has 3 aromatic rings. The van der Waals surface area contributed by atoms with Crippen molar-refractivity contribution in [2.75, 3.05) is 7.11 Å². The number of methoxy groups -OCH3 is 1. The maximum atomic E-state index is 13.1. The van der Waals surface area contributed by atoms with Crippen LogP contribution in [0.1, 0.15) is 69.8 Å². The van der Waals surface area contributed by atoms with E-state index in [9.17, 15) is 14.4 Å². The van der Waals surface area contributed by atoms with Gasteiger partial charge in [-0.3, -0.25) is 14.3 Å². The van der Waals surface area contributed by atoms with E-state index in [-0.39, 0.29) is 35.9 Å². The number of allylic oxidation sites excluding steroid dienone is 1. The fraction of sp³-hybridized carbons (Fsp3) is 0.231. The molecule has 0 unspecified atom stereocenters. The van der Waals surface area contributed by atoms with Crippen LogP contribution in [0.25, 0.3) is 6.08 Å². The van der Waals surface area contributed by atoms with Gasteiger partial charge in [-0.1, -0.05) is 12.1 Å². The monoisotopic (exact) mass is 458 g/mol. The lowest BCUT2D eigenvalue weighted by atomic mass is 9.87. The van der Waals surface area contributed by atoms with Gasteiger partial charge in [0.1, 0.15) is 11.5 Å². The molecule has 172 valence electrons. The van der Waals surface area contributed by atoms with Crippen LogP contribution in [0.5, 0.6) is 11.5 Å². The van der Waals surface area contributed by atoms with Crippen LogP contribution in [-0.4, -0.2) is 34.6 Å². The molecule has 5 rings (SSSR count). The van der Waals surface area contributed by atoms with Crippen molar-refractivity contribution in [3.8, 4) is 11.5 Å². The molecule has 0 saturated carbocycles. The van der Waals surface area contributed by atoms with Crippen LogP contribution in [0.2, 0.25) is 0 Å². The largest absolute Gasteiger partial charge is 0.465 e. The SMILES string of the molecule is COC(=O)c1ccc(/C=C2\Oc3c(ccc4c3[C@@H](c3ccnn3C(C)C)CC(=O)O4)C2=O)cc1. The molecule has 2 aromatic carbocycles. The number of aromatic nitrogens is 2. The average Bonchev–Trinajstić information content (AvgIpc) is 3.44. The topological polar surface area (TPSA) is 96.7 Å². The number of rotatable bonds is 4. The van der Waals surface area contributed by atoms with Gasteiger partial charge in [0.25, 0.3) is 0 Å². The zero-order valence-corrected chi connectivity index (χ0v) is 18.9. The van der Waals surface area contributed by atoms with Crippen molar-refractivity contribution in [2.24, 2.45) is 0 Å². The van der Waals surface area contributed by atoms with Gasteiger partial charge in [-0.2, -0.15) is 5.10 Å². The summed E-state index contributed by atoms with van der Waals surface area (Å²) in [6, 6.07) is 11.9. The van der Waals surface area contributed by atoms with Crippen LogP contribution < -0.4 is 9.47 Å². The van der Waals surface area contributed by atoms with Crippen molar-refractivity contribution in [3.63, 3.8) is 0 Å². The summed E-state index contributed by atoms with van der Waals surface area (Å²) in [6.45, 7) is 4.03. The van der Waals surface area contributed by atoms with Gasteiger partial charge < -0.3 is 14.2 Å². The molecule has 0 radical (unpaired) electrons. The van der Waals surface area contributed by atoms with Gasteiger partial charge in [0.05, 0.1) is 24.7 Å². The van der Waals surface area contributed by atoms with E-state index in [1.54, 1.807) is 48.7 Å². The second-order valence-electron chi connectivity index (χ2n) is 8.43. The van der Waals surface area contributed by atoms with Gasteiger partial charge in [0.15, 0.2) is 5.76 Å². The summed E-state index contributed by atoms with van der Waals surface area (Å²) in [5.41, 5.74) is 3.03. The van der Waals surface area contributed by atoms with E-state index < -0.39 is 5.97 Å². The molecule has 0 N–H and O–H groups in total. The summed E-state index contributed by atoms with van der Waals surface area (Å²) in [4.78, 5) is 37.2. The highest BCUT2D eigenvalue weighted by molar-refractivity contribution is 6.15. The van der Waals surface area contributed by atoms with E-state index in [1.165, 1.54) is 7.11 Å². The molecule has 0 spiro atoms. The first-order valence-electron chi connectivity index (χ1n) is 10.9. The average molecular weight is 458 g/mol. The third kappa shape index (κ3) is 3.57. The standard InChI is InChI=1S/C26H22N2O6/c1-14(2)28-19(10-11-27-28)18-13-22(29)33-20-9-8-17-24(30)21(34-25(17)23(18)20)12-15-4-6-16(7-5-15)26(31)32-3/h4-12,14,18H,13H2,1-3H3/b21-12-/t18-/m1/s1. The highest BCUT2D eigenvalue weighted by Gasteiger charge is 2.39.